The molecule has 2 aromatic rings. The molecule has 8 nitrogen and oxygen atoms in total. The van der Waals surface area contributed by atoms with Crippen LogP contribution in [0.2, 0.25) is 0 Å². The van der Waals surface area contributed by atoms with E-state index in [1.54, 1.807) is 0 Å². The number of rotatable bonds is 7. The van der Waals surface area contributed by atoms with Crippen LogP contribution in [0.1, 0.15) is 36.8 Å². The molecule has 1 amide bonds. The average molecular weight is 408 g/mol. The lowest BCUT2D eigenvalue weighted by Crippen LogP contribution is -2.39. The third-order valence-corrected chi connectivity index (χ3v) is 6.03. The van der Waals surface area contributed by atoms with Gasteiger partial charge in [-0.05, 0) is 55.8 Å². The van der Waals surface area contributed by atoms with Gasteiger partial charge in [0.1, 0.15) is 5.69 Å². The molecule has 0 spiro atoms. The van der Waals surface area contributed by atoms with Crippen LogP contribution in [0.4, 0.5) is 23.3 Å². The van der Waals surface area contributed by atoms with Gasteiger partial charge in [-0.25, -0.2) is 0 Å². The number of anilines is 4. The maximum atomic E-state index is 12.3. The predicted molar refractivity (Wildman–Crippen MR) is 118 cm³/mol. The van der Waals surface area contributed by atoms with Crippen LogP contribution in [-0.2, 0) is 17.9 Å². The molecule has 3 aliphatic rings. The maximum absolute atomic E-state index is 12.3. The second-order valence-corrected chi connectivity index (χ2v) is 8.66. The number of amides is 1. The van der Waals surface area contributed by atoms with Gasteiger partial charge in [0.15, 0.2) is 11.6 Å². The summed E-state index contributed by atoms with van der Waals surface area (Å²) >= 11 is 0. The highest BCUT2D eigenvalue weighted by Gasteiger charge is 2.28. The topological polar surface area (TPSA) is 99.4 Å². The van der Waals surface area contributed by atoms with Crippen molar-refractivity contribution in [2.24, 2.45) is 5.92 Å². The van der Waals surface area contributed by atoms with Gasteiger partial charge in [0.25, 0.3) is 0 Å². The molecule has 30 heavy (non-hydrogen) atoms. The summed E-state index contributed by atoms with van der Waals surface area (Å²) in [4.78, 5) is 25.8. The summed E-state index contributed by atoms with van der Waals surface area (Å²) in [7, 11) is 0. The Morgan fingerprint density at radius 2 is 1.90 bits per heavy atom. The number of nitrogens with two attached hydrogens (primary N) is 1. The Morgan fingerprint density at radius 3 is 2.67 bits per heavy atom. The van der Waals surface area contributed by atoms with Gasteiger partial charge in [-0.1, -0.05) is 24.3 Å². The Bertz CT molecular complexity index is 937. The largest absolute Gasteiger partial charge is 0.382 e. The average Bonchev–Trinajstić information content (AvgIpc) is 3.42. The minimum absolute atomic E-state index is 0.0929. The summed E-state index contributed by atoms with van der Waals surface area (Å²) < 4.78 is 0. The number of nitrogens with zero attached hydrogens (tertiary/aromatic N) is 4. The molecule has 0 atom stereocenters. The summed E-state index contributed by atoms with van der Waals surface area (Å²) in [6.07, 6.45) is 5.09. The molecule has 0 bridgehead atoms. The fourth-order valence-electron chi connectivity index (χ4n) is 4.25. The van der Waals surface area contributed by atoms with Crippen molar-refractivity contribution in [3.63, 3.8) is 0 Å². The van der Waals surface area contributed by atoms with Crippen molar-refractivity contribution < 1.29 is 4.79 Å². The lowest BCUT2D eigenvalue weighted by molar-refractivity contribution is -0.115. The molecule has 3 heterocycles. The molecule has 1 aromatic carbocycles. The van der Waals surface area contributed by atoms with Crippen molar-refractivity contribution in [3.8, 4) is 0 Å². The Balaban J connectivity index is 1.36. The van der Waals surface area contributed by atoms with E-state index in [1.807, 2.05) is 4.90 Å². The molecule has 1 saturated carbocycles. The first-order valence-electron chi connectivity index (χ1n) is 10.9. The molecular formula is C22H29N7O. The second kappa shape index (κ2) is 8.10. The van der Waals surface area contributed by atoms with Crippen LogP contribution in [0, 0.1) is 5.92 Å². The summed E-state index contributed by atoms with van der Waals surface area (Å²) in [6.45, 7) is 5.06. The van der Waals surface area contributed by atoms with Gasteiger partial charge in [0.2, 0.25) is 11.9 Å². The van der Waals surface area contributed by atoms with E-state index in [0.29, 0.717) is 35.7 Å². The smallest absolute Gasteiger partial charge is 0.244 e. The highest BCUT2D eigenvalue weighted by atomic mass is 16.2. The van der Waals surface area contributed by atoms with Crippen LogP contribution >= 0.6 is 0 Å². The lowest BCUT2D eigenvalue weighted by atomic mass is 10.1. The normalized spacial score (nSPS) is 18.9. The van der Waals surface area contributed by atoms with E-state index in [0.717, 1.165) is 18.7 Å². The molecule has 5 rings (SSSR count). The van der Waals surface area contributed by atoms with E-state index in [-0.39, 0.29) is 12.5 Å². The van der Waals surface area contributed by atoms with E-state index >= 15 is 0 Å². The quantitative estimate of drug-likeness (QED) is 0.648. The molecule has 0 unspecified atom stereocenters. The van der Waals surface area contributed by atoms with E-state index in [4.69, 9.17) is 10.7 Å². The Labute approximate surface area is 176 Å². The van der Waals surface area contributed by atoms with E-state index in [9.17, 15) is 4.79 Å². The monoisotopic (exact) mass is 407 g/mol. The molecule has 0 radical (unpaired) electrons. The first-order chi connectivity index (χ1) is 14.6. The number of hydrogen-bond acceptors (Lipinski definition) is 7. The van der Waals surface area contributed by atoms with E-state index in [2.05, 4.69) is 44.8 Å². The van der Waals surface area contributed by atoms with Gasteiger partial charge >= 0.3 is 0 Å². The van der Waals surface area contributed by atoms with Crippen molar-refractivity contribution >= 4 is 29.2 Å². The van der Waals surface area contributed by atoms with Crippen LogP contribution in [0.5, 0.6) is 0 Å². The van der Waals surface area contributed by atoms with Crippen molar-refractivity contribution in [1.29, 1.82) is 0 Å². The lowest BCUT2D eigenvalue weighted by Gasteiger charge is -2.30. The second-order valence-electron chi connectivity index (χ2n) is 8.66. The van der Waals surface area contributed by atoms with Crippen molar-refractivity contribution in [2.45, 2.75) is 38.8 Å². The SMILES string of the molecule is Nc1nc(NCC2CC2)nc2c1NC(=O)CN2Cc1cccc(CN2CCCC2)c1. The third-order valence-electron chi connectivity index (χ3n) is 6.03. The third kappa shape index (κ3) is 4.33. The number of fused-ring (bicyclic) bond motifs is 1. The molecule has 4 N–H and O–H groups in total. The summed E-state index contributed by atoms with van der Waals surface area (Å²) in [5, 5.41) is 6.14. The number of benzene rings is 1. The summed E-state index contributed by atoms with van der Waals surface area (Å²) in [5.41, 5.74) is 9.14. The fraction of sp³-hybridized carbons (Fsp3) is 0.500. The zero-order valence-electron chi connectivity index (χ0n) is 17.2. The van der Waals surface area contributed by atoms with Crippen LogP contribution < -0.4 is 21.3 Å². The Morgan fingerprint density at radius 1 is 1.13 bits per heavy atom. The minimum Gasteiger partial charge on any atom is -0.382 e. The van der Waals surface area contributed by atoms with Gasteiger partial charge in [-0.15, -0.1) is 0 Å². The number of carbonyl (C=O) groups excluding carboxylic acids is 1. The van der Waals surface area contributed by atoms with Crippen LogP contribution in [0.3, 0.4) is 0 Å². The zero-order chi connectivity index (χ0) is 20.5. The van der Waals surface area contributed by atoms with Crippen molar-refractivity contribution in [2.75, 3.05) is 47.4 Å². The molecule has 2 fully saturated rings. The number of nitrogens with one attached hydrogen (secondary N) is 2. The van der Waals surface area contributed by atoms with Gasteiger partial charge in [-0.2, -0.15) is 9.97 Å². The van der Waals surface area contributed by atoms with Crippen molar-refractivity contribution in [3.05, 3.63) is 35.4 Å². The van der Waals surface area contributed by atoms with Crippen LogP contribution in [-0.4, -0.2) is 47.0 Å². The number of hydrogen-bond donors (Lipinski definition) is 3. The molecule has 1 saturated heterocycles. The summed E-state index contributed by atoms with van der Waals surface area (Å²) in [6, 6.07) is 8.62. The predicted octanol–water partition coefficient (Wildman–Crippen LogP) is 2.44. The number of carbonyl (C=O) groups is 1. The van der Waals surface area contributed by atoms with Crippen LogP contribution in [0.15, 0.2) is 24.3 Å². The van der Waals surface area contributed by atoms with Crippen LogP contribution in [0.25, 0.3) is 0 Å². The Kier molecular flexibility index (Phi) is 5.16. The van der Waals surface area contributed by atoms with E-state index in [1.165, 1.54) is 44.3 Å². The first kappa shape index (κ1) is 19.1. The molecular weight excluding hydrogens is 378 g/mol. The highest BCUT2D eigenvalue weighted by molar-refractivity contribution is 6.03. The number of aromatic nitrogens is 2. The molecule has 2 aliphatic heterocycles. The van der Waals surface area contributed by atoms with Crippen molar-refractivity contribution in [1.82, 2.24) is 14.9 Å². The molecule has 1 aliphatic carbocycles. The number of nitrogen functional groups attached to an aromatic ring is 1. The molecule has 8 heteroatoms. The number of likely N-dealkylation sites (tertiary alicyclic amines) is 1. The minimum atomic E-state index is -0.0929. The maximum Gasteiger partial charge on any atom is 0.244 e. The summed E-state index contributed by atoms with van der Waals surface area (Å²) in [5.74, 6) is 2.14. The molecule has 1 aromatic heterocycles. The highest BCUT2D eigenvalue weighted by Crippen LogP contribution is 2.34. The standard InChI is InChI=1S/C22H29N7O/c23-20-19-21(27-22(26-20)24-11-15-6-7-15)29(14-18(30)25-19)13-17-5-3-4-16(10-17)12-28-8-1-2-9-28/h3-5,10,15H,1-2,6-9,11-14H2,(H,25,30)(H3,23,24,26,27). The zero-order valence-corrected chi connectivity index (χ0v) is 17.2. The van der Waals surface area contributed by atoms with Gasteiger partial charge in [0, 0.05) is 19.6 Å². The molecule has 158 valence electrons. The van der Waals surface area contributed by atoms with Gasteiger partial charge in [0.05, 0.1) is 6.54 Å². The Hall–Kier alpha value is -2.87. The van der Waals surface area contributed by atoms with Gasteiger partial charge in [-0.3, -0.25) is 9.69 Å². The van der Waals surface area contributed by atoms with E-state index < -0.39 is 0 Å². The van der Waals surface area contributed by atoms with Gasteiger partial charge < -0.3 is 21.3 Å². The fourth-order valence-corrected chi connectivity index (χ4v) is 4.25. The first-order valence-corrected chi connectivity index (χ1v) is 10.9.